The summed E-state index contributed by atoms with van der Waals surface area (Å²) in [4.78, 5) is 30.1. The lowest BCUT2D eigenvalue weighted by molar-refractivity contribution is -0.118. The van der Waals surface area contributed by atoms with Gasteiger partial charge in [0.1, 0.15) is 17.1 Å². The number of hydrogen-bond acceptors (Lipinski definition) is 7. The number of ether oxygens (including phenoxy) is 3. The number of rotatable bonds is 11. The molecule has 11 heteroatoms. The van der Waals surface area contributed by atoms with Crippen LogP contribution in [-0.4, -0.2) is 37.6 Å². The minimum atomic E-state index is -0.810. The van der Waals surface area contributed by atoms with Crippen LogP contribution in [0.2, 0.25) is 0 Å². The van der Waals surface area contributed by atoms with Gasteiger partial charge in [0, 0.05) is 47.8 Å². The van der Waals surface area contributed by atoms with Gasteiger partial charge in [0.2, 0.25) is 0 Å². The Labute approximate surface area is 234 Å². The van der Waals surface area contributed by atoms with Gasteiger partial charge in [-0.25, -0.2) is 8.78 Å². The van der Waals surface area contributed by atoms with Crippen LogP contribution >= 0.6 is 0 Å². The van der Waals surface area contributed by atoms with Crippen molar-refractivity contribution in [2.45, 2.75) is 0 Å². The van der Waals surface area contributed by atoms with Gasteiger partial charge >= 0.3 is 0 Å². The molecule has 0 spiro atoms. The Morgan fingerprint density at radius 3 is 2.17 bits per heavy atom. The summed E-state index contributed by atoms with van der Waals surface area (Å²) < 4.78 is 44.8. The first kappa shape index (κ1) is 28.6. The summed E-state index contributed by atoms with van der Waals surface area (Å²) in [5, 5.41) is 8.37. The number of pyridine rings is 1. The summed E-state index contributed by atoms with van der Waals surface area (Å²) in [5.41, 5.74) is 0.610. The molecule has 4 rings (SSSR count). The number of aromatic nitrogens is 1. The van der Waals surface area contributed by atoms with E-state index < -0.39 is 23.4 Å². The van der Waals surface area contributed by atoms with Crippen molar-refractivity contribution in [2.75, 3.05) is 31.4 Å². The van der Waals surface area contributed by atoms with Crippen LogP contribution in [0, 0.1) is 11.6 Å². The lowest BCUT2D eigenvalue weighted by atomic mass is 10.1. The molecular formula is C30H26F2N4O5. The zero-order valence-electron chi connectivity index (χ0n) is 22.2. The highest BCUT2D eigenvalue weighted by Gasteiger charge is 2.20. The quantitative estimate of drug-likeness (QED) is 0.0724. The molecule has 1 heterocycles. The van der Waals surface area contributed by atoms with E-state index in [0.717, 1.165) is 6.07 Å². The van der Waals surface area contributed by atoms with Crippen LogP contribution in [0.25, 0.3) is 10.9 Å². The summed E-state index contributed by atoms with van der Waals surface area (Å²) in [6.07, 6.45) is 4.26. The summed E-state index contributed by atoms with van der Waals surface area (Å²) >= 11 is 0. The molecule has 0 saturated carbocycles. The van der Waals surface area contributed by atoms with Crippen LogP contribution in [0.4, 0.5) is 20.2 Å². The van der Waals surface area contributed by atoms with Crippen molar-refractivity contribution in [1.82, 2.24) is 10.3 Å². The molecule has 3 aromatic carbocycles. The number of fused-ring (bicyclic) bond motifs is 1. The second kappa shape index (κ2) is 13.1. The number of nitrogens with zero attached hydrogens (tertiary/aromatic N) is 1. The van der Waals surface area contributed by atoms with Crippen molar-refractivity contribution in [3.05, 3.63) is 103 Å². The van der Waals surface area contributed by atoms with E-state index in [9.17, 15) is 14.0 Å². The SMILES string of the molecule is C=CCN/C=C(\C(=O)Nc1ccc(F)cc1)C(=O)Nc1ccc(Oc2ccnc3cc(OC)c(OC)cc23)c(F)c1. The number of nitrogens with one attached hydrogen (secondary N) is 3. The Balaban J connectivity index is 1.53. The number of carbonyl (C=O) groups is 2. The maximum Gasteiger partial charge on any atom is 0.262 e. The van der Waals surface area contributed by atoms with Gasteiger partial charge in [0.25, 0.3) is 11.8 Å². The van der Waals surface area contributed by atoms with Crippen LogP contribution < -0.4 is 30.2 Å². The Bertz CT molecular complexity index is 1620. The number of hydrogen-bond donors (Lipinski definition) is 3. The molecule has 0 aliphatic rings. The molecule has 2 amide bonds. The topological polar surface area (TPSA) is 111 Å². The average Bonchev–Trinajstić information content (AvgIpc) is 2.97. The molecule has 0 aliphatic carbocycles. The van der Waals surface area contributed by atoms with Crippen molar-refractivity contribution in [1.29, 1.82) is 0 Å². The van der Waals surface area contributed by atoms with Crippen LogP contribution in [0.3, 0.4) is 0 Å². The highest BCUT2D eigenvalue weighted by molar-refractivity contribution is 6.26. The number of methoxy groups -OCH3 is 2. The fraction of sp³-hybridized carbons (Fsp3) is 0.100. The molecule has 0 aliphatic heterocycles. The Morgan fingerprint density at radius 2 is 1.51 bits per heavy atom. The summed E-state index contributed by atoms with van der Waals surface area (Å²) in [5.74, 6) is -1.67. The van der Waals surface area contributed by atoms with Gasteiger partial charge < -0.3 is 30.2 Å². The summed E-state index contributed by atoms with van der Waals surface area (Å²) in [6.45, 7) is 3.86. The van der Waals surface area contributed by atoms with E-state index in [1.54, 1.807) is 18.2 Å². The van der Waals surface area contributed by atoms with Gasteiger partial charge in [0.15, 0.2) is 23.1 Å². The molecule has 0 radical (unpaired) electrons. The smallest absolute Gasteiger partial charge is 0.262 e. The second-order valence-corrected chi connectivity index (χ2v) is 8.45. The van der Waals surface area contributed by atoms with E-state index in [4.69, 9.17) is 14.2 Å². The maximum absolute atomic E-state index is 15.1. The standard InChI is InChI=1S/C30H26F2N4O5/c1-4-12-33-17-22(29(37)35-19-7-5-18(31)6-8-19)30(38)36-20-9-10-26(23(32)14-20)41-25-11-13-34-24-16-28(40-3)27(39-2)15-21(24)25/h4-11,13-17,33H,1,12H2,2-3H3,(H,35,37)(H,36,38)/b22-17+. The molecule has 41 heavy (non-hydrogen) atoms. The van der Waals surface area contributed by atoms with E-state index in [-0.39, 0.29) is 29.2 Å². The fourth-order valence-corrected chi connectivity index (χ4v) is 3.72. The normalized spacial score (nSPS) is 11.0. The Kier molecular flexibility index (Phi) is 9.10. The highest BCUT2D eigenvalue weighted by atomic mass is 19.1. The third-order valence-electron chi connectivity index (χ3n) is 5.72. The molecule has 0 unspecified atom stereocenters. The number of halogens is 2. The predicted octanol–water partition coefficient (Wildman–Crippen LogP) is 5.56. The van der Waals surface area contributed by atoms with Crippen molar-refractivity contribution in [3.8, 4) is 23.0 Å². The third-order valence-corrected chi connectivity index (χ3v) is 5.72. The minimum absolute atomic E-state index is 0.0787. The van der Waals surface area contributed by atoms with E-state index in [0.29, 0.717) is 28.2 Å². The molecule has 210 valence electrons. The first-order valence-electron chi connectivity index (χ1n) is 12.2. The Hall–Kier alpha value is -5.45. The molecule has 0 atom stereocenters. The number of anilines is 2. The Morgan fingerprint density at radius 1 is 0.854 bits per heavy atom. The second-order valence-electron chi connectivity index (χ2n) is 8.45. The van der Waals surface area contributed by atoms with Crippen LogP contribution in [0.1, 0.15) is 0 Å². The van der Waals surface area contributed by atoms with Gasteiger partial charge in [-0.05, 0) is 48.5 Å². The molecule has 4 aromatic rings. The van der Waals surface area contributed by atoms with Gasteiger partial charge in [-0.15, -0.1) is 6.58 Å². The van der Waals surface area contributed by atoms with Crippen molar-refractivity contribution < 1.29 is 32.6 Å². The maximum atomic E-state index is 15.1. The molecule has 0 fully saturated rings. The van der Waals surface area contributed by atoms with E-state index in [1.807, 2.05) is 0 Å². The van der Waals surface area contributed by atoms with Crippen molar-refractivity contribution in [3.63, 3.8) is 0 Å². The van der Waals surface area contributed by atoms with E-state index >= 15 is 4.39 Å². The zero-order valence-corrected chi connectivity index (χ0v) is 22.2. The van der Waals surface area contributed by atoms with Crippen molar-refractivity contribution in [2.24, 2.45) is 0 Å². The largest absolute Gasteiger partial charge is 0.493 e. The van der Waals surface area contributed by atoms with Crippen LogP contribution in [0.15, 0.2) is 91.3 Å². The lowest BCUT2D eigenvalue weighted by Gasteiger charge is -2.14. The van der Waals surface area contributed by atoms with Crippen molar-refractivity contribution >= 4 is 34.1 Å². The number of benzene rings is 3. The third kappa shape index (κ3) is 6.95. The first-order chi connectivity index (χ1) is 19.8. The number of carbonyl (C=O) groups excluding carboxylic acids is 2. The first-order valence-corrected chi connectivity index (χ1v) is 12.2. The molecule has 1 aromatic heterocycles. The molecule has 0 saturated heterocycles. The average molecular weight is 561 g/mol. The summed E-state index contributed by atoms with van der Waals surface area (Å²) in [7, 11) is 3.00. The molecule has 0 bridgehead atoms. The van der Waals surface area contributed by atoms with E-state index in [1.165, 1.54) is 69.1 Å². The van der Waals surface area contributed by atoms with Gasteiger partial charge in [-0.3, -0.25) is 14.6 Å². The van der Waals surface area contributed by atoms with Crippen LogP contribution in [-0.2, 0) is 9.59 Å². The highest BCUT2D eigenvalue weighted by Crippen LogP contribution is 2.37. The predicted molar refractivity (Wildman–Crippen MR) is 151 cm³/mol. The van der Waals surface area contributed by atoms with Gasteiger partial charge in [-0.1, -0.05) is 6.08 Å². The molecular weight excluding hydrogens is 534 g/mol. The molecule has 9 nitrogen and oxygen atoms in total. The minimum Gasteiger partial charge on any atom is -0.493 e. The van der Waals surface area contributed by atoms with E-state index in [2.05, 4.69) is 27.5 Å². The van der Waals surface area contributed by atoms with Gasteiger partial charge in [-0.2, -0.15) is 0 Å². The zero-order chi connectivity index (χ0) is 29.4. The number of amides is 2. The van der Waals surface area contributed by atoms with Crippen LogP contribution in [0.5, 0.6) is 23.0 Å². The van der Waals surface area contributed by atoms with Gasteiger partial charge in [0.05, 0.1) is 19.7 Å². The monoisotopic (exact) mass is 560 g/mol. The molecule has 3 N–H and O–H groups in total. The fourth-order valence-electron chi connectivity index (χ4n) is 3.72. The summed E-state index contributed by atoms with van der Waals surface area (Å²) in [6, 6.07) is 13.8. The lowest BCUT2D eigenvalue weighted by Crippen LogP contribution is -2.27.